The molecule has 2 aromatic carbocycles. The van der Waals surface area contributed by atoms with Gasteiger partial charge in [0.1, 0.15) is 18.9 Å². The highest BCUT2D eigenvalue weighted by molar-refractivity contribution is 5.69. The summed E-state index contributed by atoms with van der Waals surface area (Å²) in [7, 11) is 2.36. The van der Waals surface area contributed by atoms with Crippen molar-refractivity contribution in [3.63, 3.8) is 0 Å². The summed E-state index contributed by atoms with van der Waals surface area (Å²) in [5, 5.41) is 0. The van der Waals surface area contributed by atoms with Gasteiger partial charge in [0.25, 0.3) is 0 Å². The molecular weight excluding hydrogens is 294 g/mol. The SMILES string of the molecule is C[N+]1(CCOc2ccc(/C=C/c3ccccc3)cc2)CCCCC1. The lowest BCUT2D eigenvalue weighted by Crippen LogP contribution is -2.50. The minimum absolute atomic E-state index is 0.801. The molecule has 126 valence electrons. The minimum Gasteiger partial charge on any atom is -0.488 e. The van der Waals surface area contributed by atoms with Gasteiger partial charge in [-0.25, -0.2) is 0 Å². The molecule has 1 saturated heterocycles. The van der Waals surface area contributed by atoms with Crippen LogP contribution in [0.2, 0.25) is 0 Å². The monoisotopic (exact) mass is 322 g/mol. The lowest BCUT2D eigenvalue weighted by molar-refractivity contribution is -0.914. The Balaban J connectivity index is 1.48. The molecule has 0 spiro atoms. The number of nitrogens with zero attached hydrogens (tertiary/aromatic N) is 1. The van der Waals surface area contributed by atoms with Gasteiger partial charge in [-0.2, -0.15) is 0 Å². The van der Waals surface area contributed by atoms with Crippen molar-refractivity contribution >= 4 is 12.2 Å². The maximum absolute atomic E-state index is 5.95. The van der Waals surface area contributed by atoms with E-state index in [0.717, 1.165) is 23.4 Å². The largest absolute Gasteiger partial charge is 0.488 e. The van der Waals surface area contributed by atoms with Crippen molar-refractivity contribution in [1.82, 2.24) is 0 Å². The molecule has 1 aliphatic heterocycles. The van der Waals surface area contributed by atoms with Crippen molar-refractivity contribution < 1.29 is 9.22 Å². The Labute approximate surface area is 146 Å². The molecule has 0 radical (unpaired) electrons. The average molecular weight is 322 g/mol. The third kappa shape index (κ3) is 4.97. The van der Waals surface area contributed by atoms with Gasteiger partial charge < -0.3 is 9.22 Å². The molecule has 24 heavy (non-hydrogen) atoms. The smallest absolute Gasteiger partial charge is 0.137 e. The first-order valence-corrected chi connectivity index (χ1v) is 9.03. The van der Waals surface area contributed by atoms with E-state index in [4.69, 9.17) is 4.74 Å². The highest BCUT2D eigenvalue weighted by Crippen LogP contribution is 2.17. The Morgan fingerprint density at radius 3 is 2.12 bits per heavy atom. The highest BCUT2D eigenvalue weighted by Gasteiger charge is 2.24. The predicted molar refractivity (Wildman–Crippen MR) is 102 cm³/mol. The molecule has 0 aromatic heterocycles. The molecule has 1 fully saturated rings. The van der Waals surface area contributed by atoms with Gasteiger partial charge in [-0.05, 0) is 42.5 Å². The molecule has 0 N–H and O–H groups in total. The van der Waals surface area contributed by atoms with E-state index in [1.165, 1.54) is 43.5 Å². The first kappa shape index (κ1) is 16.8. The Bertz CT molecular complexity index is 639. The zero-order chi connectivity index (χ0) is 16.7. The lowest BCUT2D eigenvalue weighted by Gasteiger charge is -2.37. The van der Waals surface area contributed by atoms with E-state index < -0.39 is 0 Å². The second-order valence-electron chi connectivity index (χ2n) is 7.01. The summed E-state index contributed by atoms with van der Waals surface area (Å²) in [6.45, 7) is 4.50. The first-order chi connectivity index (χ1) is 11.7. The van der Waals surface area contributed by atoms with Crippen LogP contribution in [0, 0.1) is 0 Å². The summed E-state index contributed by atoms with van der Waals surface area (Å²) in [4.78, 5) is 0. The van der Waals surface area contributed by atoms with Crippen molar-refractivity contribution in [3.05, 3.63) is 65.7 Å². The Morgan fingerprint density at radius 1 is 0.833 bits per heavy atom. The number of likely N-dealkylation sites (N-methyl/N-ethyl adjacent to an activating group) is 1. The molecule has 2 nitrogen and oxygen atoms in total. The highest BCUT2D eigenvalue weighted by atomic mass is 16.5. The standard InChI is InChI=1S/C22H28NO/c1-23(16-6-3-7-17-23)18-19-24-22-14-12-21(13-15-22)11-10-20-8-4-2-5-9-20/h2,4-5,8-15H,3,6-7,16-19H2,1H3/q+1/b11-10+. The summed E-state index contributed by atoms with van der Waals surface area (Å²) < 4.78 is 7.12. The van der Waals surface area contributed by atoms with Crippen LogP contribution < -0.4 is 4.74 Å². The number of quaternary nitrogens is 1. The third-order valence-electron chi connectivity index (χ3n) is 4.94. The van der Waals surface area contributed by atoms with E-state index in [0.29, 0.717) is 0 Å². The molecule has 0 atom stereocenters. The molecule has 2 heteroatoms. The Kier molecular flexibility index (Phi) is 5.71. The maximum atomic E-state index is 5.95. The van der Waals surface area contributed by atoms with Crippen LogP contribution in [-0.2, 0) is 0 Å². The normalized spacial score (nSPS) is 17.0. The number of hydrogen-bond donors (Lipinski definition) is 0. The molecule has 2 aromatic rings. The van der Waals surface area contributed by atoms with Crippen molar-refractivity contribution in [1.29, 1.82) is 0 Å². The van der Waals surface area contributed by atoms with E-state index >= 15 is 0 Å². The van der Waals surface area contributed by atoms with Gasteiger partial charge in [0.05, 0.1) is 20.1 Å². The minimum atomic E-state index is 0.801. The van der Waals surface area contributed by atoms with Gasteiger partial charge in [0, 0.05) is 0 Å². The second kappa shape index (κ2) is 8.16. The van der Waals surface area contributed by atoms with Crippen LogP contribution in [0.3, 0.4) is 0 Å². The van der Waals surface area contributed by atoms with Gasteiger partial charge in [0.2, 0.25) is 0 Å². The quantitative estimate of drug-likeness (QED) is 0.545. The molecule has 0 aliphatic carbocycles. The summed E-state index contributed by atoms with van der Waals surface area (Å²) in [6.07, 6.45) is 8.39. The van der Waals surface area contributed by atoms with Crippen LogP contribution in [0.5, 0.6) is 5.75 Å². The second-order valence-corrected chi connectivity index (χ2v) is 7.01. The number of ether oxygens (including phenoxy) is 1. The fraction of sp³-hybridized carbons (Fsp3) is 0.364. The van der Waals surface area contributed by atoms with Crippen LogP contribution >= 0.6 is 0 Å². The van der Waals surface area contributed by atoms with E-state index in [-0.39, 0.29) is 0 Å². The molecule has 0 saturated carbocycles. The van der Waals surface area contributed by atoms with Crippen molar-refractivity contribution in [2.75, 3.05) is 33.3 Å². The number of rotatable bonds is 6. The third-order valence-corrected chi connectivity index (χ3v) is 4.94. The fourth-order valence-electron chi connectivity index (χ4n) is 3.31. The zero-order valence-electron chi connectivity index (χ0n) is 14.7. The Hall–Kier alpha value is -2.06. The van der Waals surface area contributed by atoms with Crippen molar-refractivity contribution in [2.45, 2.75) is 19.3 Å². The summed E-state index contributed by atoms with van der Waals surface area (Å²) >= 11 is 0. The van der Waals surface area contributed by atoms with Crippen LogP contribution in [0.1, 0.15) is 30.4 Å². The zero-order valence-corrected chi connectivity index (χ0v) is 14.7. The van der Waals surface area contributed by atoms with Crippen molar-refractivity contribution in [2.24, 2.45) is 0 Å². The number of likely N-dealkylation sites (tertiary alicyclic amines) is 1. The first-order valence-electron chi connectivity index (χ1n) is 9.03. The van der Waals surface area contributed by atoms with Gasteiger partial charge in [-0.15, -0.1) is 0 Å². The molecule has 0 unspecified atom stereocenters. The lowest BCUT2D eigenvalue weighted by atomic mass is 10.1. The van der Waals surface area contributed by atoms with E-state index in [2.05, 4.69) is 67.7 Å². The van der Waals surface area contributed by atoms with Gasteiger partial charge in [-0.3, -0.25) is 0 Å². The predicted octanol–water partition coefficient (Wildman–Crippen LogP) is 4.87. The van der Waals surface area contributed by atoms with Gasteiger partial charge in [0.15, 0.2) is 0 Å². The molecule has 0 bridgehead atoms. The number of hydrogen-bond acceptors (Lipinski definition) is 1. The summed E-state index contributed by atoms with van der Waals surface area (Å²) in [5.41, 5.74) is 2.41. The molecule has 1 heterocycles. The maximum Gasteiger partial charge on any atom is 0.137 e. The van der Waals surface area contributed by atoms with Crippen LogP contribution in [0.4, 0.5) is 0 Å². The van der Waals surface area contributed by atoms with Gasteiger partial charge >= 0.3 is 0 Å². The molecule has 1 aliphatic rings. The number of benzene rings is 2. The average Bonchev–Trinajstić information content (AvgIpc) is 2.62. The number of piperidine rings is 1. The van der Waals surface area contributed by atoms with Crippen molar-refractivity contribution in [3.8, 4) is 5.75 Å². The van der Waals surface area contributed by atoms with Crippen LogP contribution in [0.25, 0.3) is 12.2 Å². The molecule has 0 amide bonds. The fourth-order valence-corrected chi connectivity index (χ4v) is 3.31. The topological polar surface area (TPSA) is 9.23 Å². The van der Waals surface area contributed by atoms with E-state index in [9.17, 15) is 0 Å². The van der Waals surface area contributed by atoms with E-state index in [1.54, 1.807) is 0 Å². The summed E-state index contributed by atoms with van der Waals surface area (Å²) in [6, 6.07) is 18.7. The van der Waals surface area contributed by atoms with Crippen LogP contribution in [-0.4, -0.2) is 37.8 Å². The summed E-state index contributed by atoms with van der Waals surface area (Å²) in [5.74, 6) is 0.968. The molecule has 3 rings (SSSR count). The van der Waals surface area contributed by atoms with E-state index in [1.807, 2.05) is 6.07 Å². The molecular formula is C22H28NO+. The Morgan fingerprint density at radius 2 is 1.46 bits per heavy atom. The van der Waals surface area contributed by atoms with Gasteiger partial charge in [-0.1, -0.05) is 54.6 Å². The van der Waals surface area contributed by atoms with Crippen LogP contribution in [0.15, 0.2) is 54.6 Å².